The highest BCUT2D eigenvalue weighted by atomic mass is 19.1. The maximum atomic E-state index is 13.7. The number of carboxylic acid groups (broad SMARTS) is 1. The summed E-state index contributed by atoms with van der Waals surface area (Å²) in [5, 5.41) is 8.92. The monoisotopic (exact) mass is 261 g/mol. The van der Waals surface area contributed by atoms with Crippen LogP contribution in [0, 0.1) is 5.82 Å². The minimum absolute atomic E-state index is 0.0113. The van der Waals surface area contributed by atoms with E-state index in [1.807, 2.05) is 0 Å². The average molecular weight is 261 g/mol. The first-order chi connectivity index (χ1) is 9.00. The van der Waals surface area contributed by atoms with Gasteiger partial charge in [0.1, 0.15) is 5.82 Å². The number of carbonyl (C=O) groups is 1. The second-order valence-corrected chi connectivity index (χ2v) is 4.17. The predicted octanol–water partition coefficient (Wildman–Crippen LogP) is 2.29. The molecular formula is C14H12FNO3. The summed E-state index contributed by atoms with van der Waals surface area (Å²) in [6, 6.07) is 7.92. The van der Waals surface area contributed by atoms with Gasteiger partial charge in [-0.05, 0) is 19.1 Å². The minimum atomic E-state index is -1.13. The number of aromatic carboxylic acids is 1. The summed E-state index contributed by atoms with van der Waals surface area (Å²) in [5.41, 5.74) is -0.0457. The molecule has 2 rings (SSSR count). The Morgan fingerprint density at radius 1 is 1.26 bits per heavy atom. The Morgan fingerprint density at radius 3 is 2.58 bits per heavy atom. The molecule has 0 amide bonds. The Labute approximate surface area is 108 Å². The lowest BCUT2D eigenvalue weighted by Gasteiger charge is -2.16. The largest absolute Gasteiger partial charge is 0.478 e. The molecule has 19 heavy (non-hydrogen) atoms. The number of nitrogens with zero attached hydrogens (tertiary/aromatic N) is 1. The lowest BCUT2D eigenvalue weighted by molar-refractivity contribution is 0.0695. The van der Waals surface area contributed by atoms with Crippen molar-refractivity contribution in [2.45, 2.75) is 13.0 Å². The molecule has 98 valence electrons. The summed E-state index contributed by atoms with van der Waals surface area (Å²) in [5.74, 6) is -1.56. The van der Waals surface area contributed by atoms with Gasteiger partial charge in [0, 0.05) is 17.8 Å². The van der Waals surface area contributed by atoms with E-state index in [1.165, 1.54) is 29.0 Å². The smallest absolute Gasteiger partial charge is 0.337 e. The van der Waals surface area contributed by atoms with E-state index < -0.39 is 17.8 Å². The molecule has 1 unspecified atom stereocenters. The highest BCUT2D eigenvalue weighted by Gasteiger charge is 2.15. The van der Waals surface area contributed by atoms with Crippen LogP contribution in [0.1, 0.15) is 28.9 Å². The van der Waals surface area contributed by atoms with Crippen molar-refractivity contribution in [3.05, 3.63) is 69.9 Å². The third kappa shape index (κ3) is 2.54. The van der Waals surface area contributed by atoms with E-state index in [1.54, 1.807) is 25.1 Å². The first kappa shape index (κ1) is 13.0. The van der Waals surface area contributed by atoms with Crippen LogP contribution >= 0.6 is 0 Å². The van der Waals surface area contributed by atoms with Gasteiger partial charge in [-0.1, -0.05) is 18.2 Å². The highest BCUT2D eigenvalue weighted by Crippen LogP contribution is 2.19. The van der Waals surface area contributed by atoms with Crippen molar-refractivity contribution < 1.29 is 14.3 Å². The molecule has 0 fully saturated rings. The summed E-state index contributed by atoms with van der Waals surface area (Å²) in [7, 11) is 0. The standard InChI is InChI=1S/C14H12FNO3/c1-9(11-4-2-3-5-12(11)15)16-8-10(14(18)19)6-7-13(16)17/h2-9H,1H3,(H,18,19). The SMILES string of the molecule is CC(c1ccccc1F)n1cc(C(=O)O)ccc1=O. The first-order valence-electron chi connectivity index (χ1n) is 5.70. The quantitative estimate of drug-likeness (QED) is 0.922. The molecule has 1 atom stereocenters. The Balaban J connectivity index is 2.53. The van der Waals surface area contributed by atoms with Gasteiger partial charge < -0.3 is 9.67 Å². The molecule has 0 aliphatic rings. The fourth-order valence-electron chi connectivity index (χ4n) is 1.90. The zero-order valence-electron chi connectivity index (χ0n) is 10.2. The van der Waals surface area contributed by atoms with Crippen LogP contribution in [0.2, 0.25) is 0 Å². The minimum Gasteiger partial charge on any atom is -0.478 e. The van der Waals surface area contributed by atoms with Crippen molar-refractivity contribution in [3.8, 4) is 0 Å². The lowest BCUT2D eigenvalue weighted by atomic mass is 10.1. The molecule has 0 bridgehead atoms. The molecule has 1 aromatic heterocycles. The van der Waals surface area contributed by atoms with Gasteiger partial charge in [0.2, 0.25) is 0 Å². The fourth-order valence-corrected chi connectivity index (χ4v) is 1.90. The molecular weight excluding hydrogens is 249 g/mol. The van der Waals surface area contributed by atoms with Gasteiger partial charge in [-0.3, -0.25) is 4.79 Å². The number of benzene rings is 1. The number of hydrogen-bond acceptors (Lipinski definition) is 2. The first-order valence-corrected chi connectivity index (χ1v) is 5.70. The maximum Gasteiger partial charge on any atom is 0.337 e. The van der Waals surface area contributed by atoms with Crippen molar-refractivity contribution in [1.29, 1.82) is 0 Å². The van der Waals surface area contributed by atoms with Crippen LogP contribution in [0.3, 0.4) is 0 Å². The van der Waals surface area contributed by atoms with Gasteiger partial charge >= 0.3 is 5.97 Å². The third-order valence-electron chi connectivity index (χ3n) is 2.96. The molecule has 0 saturated carbocycles. The number of aromatic nitrogens is 1. The molecule has 5 heteroatoms. The second kappa shape index (κ2) is 5.06. The number of pyridine rings is 1. The van der Waals surface area contributed by atoms with E-state index in [2.05, 4.69) is 0 Å². The van der Waals surface area contributed by atoms with Crippen LogP contribution in [0.15, 0.2) is 47.4 Å². The topological polar surface area (TPSA) is 59.3 Å². The molecule has 0 aliphatic heterocycles. The Morgan fingerprint density at radius 2 is 1.95 bits per heavy atom. The molecule has 2 aromatic rings. The Hall–Kier alpha value is -2.43. The summed E-state index contributed by atoms with van der Waals surface area (Å²) in [4.78, 5) is 22.7. The molecule has 0 radical (unpaired) electrons. The average Bonchev–Trinajstić information content (AvgIpc) is 2.38. The van der Waals surface area contributed by atoms with E-state index in [4.69, 9.17) is 5.11 Å². The molecule has 0 spiro atoms. The molecule has 0 saturated heterocycles. The van der Waals surface area contributed by atoms with Crippen LogP contribution < -0.4 is 5.56 Å². The van der Waals surface area contributed by atoms with Crippen LogP contribution in [-0.2, 0) is 0 Å². The van der Waals surface area contributed by atoms with E-state index in [9.17, 15) is 14.0 Å². The molecule has 1 aromatic carbocycles. The summed E-state index contributed by atoms with van der Waals surface area (Å²) in [6.45, 7) is 1.64. The van der Waals surface area contributed by atoms with Crippen molar-refractivity contribution in [2.24, 2.45) is 0 Å². The van der Waals surface area contributed by atoms with Gasteiger partial charge in [-0.2, -0.15) is 0 Å². The highest BCUT2D eigenvalue weighted by molar-refractivity contribution is 5.87. The van der Waals surface area contributed by atoms with Gasteiger partial charge in [-0.25, -0.2) is 9.18 Å². The Kier molecular flexibility index (Phi) is 3.46. The lowest BCUT2D eigenvalue weighted by Crippen LogP contribution is -2.24. The predicted molar refractivity (Wildman–Crippen MR) is 67.9 cm³/mol. The Bertz CT molecular complexity index is 678. The number of halogens is 1. The van der Waals surface area contributed by atoms with E-state index in [-0.39, 0.29) is 11.1 Å². The van der Waals surface area contributed by atoms with Crippen molar-refractivity contribution in [3.63, 3.8) is 0 Å². The van der Waals surface area contributed by atoms with Crippen LogP contribution in [-0.4, -0.2) is 15.6 Å². The molecule has 1 heterocycles. The van der Waals surface area contributed by atoms with Gasteiger partial charge in [-0.15, -0.1) is 0 Å². The van der Waals surface area contributed by atoms with Crippen LogP contribution in [0.25, 0.3) is 0 Å². The molecule has 1 N–H and O–H groups in total. The van der Waals surface area contributed by atoms with E-state index in [0.29, 0.717) is 5.56 Å². The van der Waals surface area contributed by atoms with Gasteiger partial charge in [0.25, 0.3) is 5.56 Å². The second-order valence-electron chi connectivity index (χ2n) is 4.17. The number of carboxylic acids is 1. The summed E-state index contributed by atoms with van der Waals surface area (Å²) in [6.07, 6.45) is 1.22. The van der Waals surface area contributed by atoms with E-state index in [0.717, 1.165) is 0 Å². The van der Waals surface area contributed by atoms with Crippen molar-refractivity contribution >= 4 is 5.97 Å². The summed E-state index contributed by atoms with van der Waals surface area (Å²) >= 11 is 0. The molecule has 0 aliphatic carbocycles. The van der Waals surface area contributed by atoms with Gasteiger partial charge in [0.15, 0.2) is 0 Å². The van der Waals surface area contributed by atoms with Crippen molar-refractivity contribution in [2.75, 3.05) is 0 Å². The fraction of sp³-hybridized carbons (Fsp3) is 0.143. The maximum absolute atomic E-state index is 13.7. The van der Waals surface area contributed by atoms with E-state index >= 15 is 0 Å². The third-order valence-corrected chi connectivity index (χ3v) is 2.96. The number of hydrogen-bond donors (Lipinski definition) is 1. The van der Waals surface area contributed by atoms with Crippen molar-refractivity contribution in [1.82, 2.24) is 4.57 Å². The summed E-state index contributed by atoms with van der Waals surface area (Å²) < 4.78 is 14.9. The zero-order valence-corrected chi connectivity index (χ0v) is 10.2. The van der Waals surface area contributed by atoms with Gasteiger partial charge in [0.05, 0.1) is 11.6 Å². The van der Waals surface area contributed by atoms with Crippen LogP contribution in [0.5, 0.6) is 0 Å². The normalized spacial score (nSPS) is 12.1. The number of rotatable bonds is 3. The zero-order chi connectivity index (χ0) is 14.0. The molecule has 4 nitrogen and oxygen atoms in total. The van der Waals surface area contributed by atoms with Crippen LogP contribution in [0.4, 0.5) is 4.39 Å².